The maximum Gasteiger partial charge on any atom is 0.417 e. The van der Waals surface area contributed by atoms with E-state index in [0.29, 0.717) is 18.7 Å². The van der Waals surface area contributed by atoms with Crippen LogP contribution in [0.5, 0.6) is 0 Å². The largest absolute Gasteiger partial charge is 0.417 e. The third-order valence-electron chi connectivity index (χ3n) is 2.73. The van der Waals surface area contributed by atoms with Gasteiger partial charge in [0.2, 0.25) is 0 Å². The average Bonchev–Trinajstić information content (AvgIpc) is 2.12. The minimum absolute atomic E-state index is 0. The molecular weight excluding hydrogens is 276 g/mol. The molecule has 0 aliphatic carbocycles. The molecule has 0 spiro atoms. The van der Waals surface area contributed by atoms with Crippen molar-refractivity contribution in [2.75, 3.05) is 13.1 Å². The maximum absolute atomic E-state index is 12.4. The van der Waals surface area contributed by atoms with Crippen LogP contribution < -0.4 is 11.1 Å². The van der Waals surface area contributed by atoms with Gasteiger partial charge in [-0.15, -0.1) is 12.4 Å². The summed E-state index contributed by atoms with van der Waals surface area (Å²) in [5, 5.41) is 2.67. The molecule has 7 heteroatoms. The molecule has 0 radical (unpaired) electrons. The van der Waals surface area contributed by atoms with Crippen LogP contribution in [0, 0.1) is 0 Å². The molecule has 3 N–H and O–H groups in total. The average molecular weight is 287 g/mol. The van der Waals surface area contributed by atoms with E-state index in [-0.39, 0.29) is 17.4 Å². The van der Waals surface area contributed by atoms with Crippen LogP contribution in [0.25, 0.3) is 0 Å². The summed E-state index contributed by atoms with van der Waals surface area (Å²) < 4.78 is 37.3. The summed E-state index contributed by atoms with van der Waals surface area (Å²) in [6.07, 6.45) is -4.42. The number of alkyl halides is 3. The Hall–Kier alpha value is -0.490. The van der Waals surface area contributed by atoms with Gasteiger partial charge in [-0.05, 0) is 17.7 Å². The van der Waals surface area contributed by atoms with Crippen LogP contribution in [0.15, 0.2) is 18.2 Å². The van der Waals surface area contributed by atoms with Gasteiger partial charge in [-0.2, -0.15) is 13.2 Å². The Kier molecular flexibility index (Phi) is 3.98. The van der Waals surface area contributed by atoms with Gasteiger partial charge >= 0.3 is 6.18 Å². The number of hydrogen-bond donors (Lipinski definition) is 2. The summed E-state index contributed by atoms with van der Waals surface area (Å²) in [7, 11) is 0. The molecular formula is C10H11Cl2F3N2. The van der Waals surface area contributed by atoms with Crippen molar-refractivity contribution in [1.29, 1.82) is 0 Å². The van der Waals surface area contributed by atoms with E-state index in [1.807, 2.05) is 0 Å². The Morgan fingerprint density at radius 1 is 1.29 bits per heavy atom. The fraction of sp³-hybridized carbons (Fsp3) is 0.400. The molecule has 1 saturated heterocycles. The van der Waals surface area contributed by atoms with Gasteiger partial charge in [0, 0.05) is 13.1 Å². The van der Waals surface area contributed by atoms with E-state index in [2.05, 4.69) is 5.32 Å². The summed E-state index contributed by atoms with van der Waals surface area (Å²) >= 11 is 5.61. The quantitative estimate of drug-likeness (QED) is 0.833. The molecule has 1 fully saturated rings. The van der Waals surface area contributed by atoms with Crippen LogP contribution in [-0.4, -0.2) is 13.1 Å². The van der Waals surface area contributed by atoms with Gasteiger partial charge in [0.25, 0.3) is 0 Å². The van der Waals surface area contributed by atoms with E-state index in [4.69, 9.17) is 17.3 Å². The Morgan fingerprint density at radius 3 is 2.24 bits per heavy atom. The Balaban J connectivity index is 0.00000144. The topological polar surface area (TPSA) is 38.0 Å². The highest BCUT2D eigenvalue weighted by Gasteiger charge is 2.37. The number of rotatable bonds is 1. The van der Waals surface area contributed by atoms with E-state index >= 15 is 0 Å². The summed E-state index contributed by atoms with van der Waals surface area (Å²) in [6, 6.07) is 3.66. The minimum atomic E-state index is -4.42. The molecule has 2 nitrogen and oxygen atoms in total. The molecule has 1 aliphatic rings. The Bertz CT molecular complexity index is 417. The lowest BCUT2D eigenvalue weighted by Gasteiger charge is -2.39. The Labute approximate surface area is 108 Å². The number of halogens is 5. The van der Waals surface area contributed by atoms with Gasteiger partial charge in [-0.25, -0.2) is 0 Å². The van der Waals surface area contributed by atoms with Gasteiger partial charge < -0.3 is 11.1 Å². The van der Waals surface area contributed by atoms with Crippen molar-refractivity contribution < 1.29 is 13.2 Å². The van der Waals surface area contributed by atoms with Crippen LogP contribution in [0.4, 0.5) is 13.2 Å². The first-order chi connectivity index (χ1) is 7.33. The highest BCUT2D eigenvalue weighted by atomic mass is 35.5. The monoisotopic (exact) mass is 286 g/mol. The molecule has 0 atom stereocenters. The molecule has 17 heavy (non-hydrogen) atoms. The molecule has 0 amide bonds. The number of benzene rings is 1. The zero-order valence-corrected chi connectivity index (χ0v) is 10.2. The lowest BCUT2D eigenvalue weighted by Crippen LogP contribution is -2.62. The zero-order chi connectivity index (χ0) is 12.0. The molecule has 1 aromatic rings. The standard InChI is InChI=1S/C10H10ClF3N2.ClH/c11-8-3-6(9(15)4-16-5-9)1-2-7(8)10(12,13)14;/h1-3,16H,4-5,15H2;1H. The van der Waals surface area contributed by atoms with E-state index in [9.17, 15) is 13.2 Å². The lowest BCUT2D eigenvalue weighted by atomic mass is 9.85. The molecule has 2 rings (SSSR count). The van der Waals surface area contributed by atoms with E-state index in [1.54, 1.807) is 0 Å². The first-order valence-electron chi connectivity index (χ1n) is 4.70. The molecule has 1 aliphatic heterocycles. The second-order valence-corrected chi connectivity index (χ2v) is 4.36. The van der Waals surface area contributed by atoms with E-state index in [0.717, 1.165) is 6.07 Å². The van der Waals surface area contributed by atoms with Gasteiger partial charge in [-0.1, -0.05) is 17.7 Å². The molecule has 96 valence electrons. The number of nitrogens with one attached hydrogen (secondary N) is 1. The van der Waals surface area contributed by atoms with Crippen molar-refractivity contribution in [2.24, 2.45) is 5.73 Å². The summed E-state index contributed by atoms with van der Waals surface area (Å²) in [5.41, 5.74) is 5.16. The molecule has 1 aromatic carbocycles. The van der Waals surface area contributed by atoms with Crippen molar-refractivity contribution in [1.82, 2.24) is 5.32 Å². The maximum atomic E-state index is 12.4. The molecule has 1 heterocycles. The molecule has 0 bridgehead atoms. The second-order valence-electron chi connectivity index (χ2n) is 3.95. The first kappa shape index (κ1) is 14.6. The van der Waals surface area contributed by atoms with Crippen LogP contribution >= 0.6 is 24.0 Å². The summed E-state index contributed by atoms with van der Waals surface area (Å²) in [6.45, 7) is 1.10. The van der Waals surface area contributed by atoms with Gasteiger partial charge in [0.1, 0.15) is 0 Å². The van der Waals surface area contributed by atoms with Gasteiger partial charge in [-0.3, -0.25) is 0 Å². The Morgan fingerprint density at radius 2 is 1.88 bits per heavy atom. The molecule has 0 aromatic heterocycles. The van der Waals surface area contributed by atoms with Crippen molar-refractivity contribution in [3.63, 3.8) is 0 Å². The van der Waals surface area contributed by atoms with Crippen molar-refractivity contribution in [3.05, 3.63) is 34.3 Å². The third-order valence-corrected chi connectivity index (χ3v) is 3.04. The predicted octanol–water partition coefficient (Wildman–Crippen LogP) is 2.54. The highest BCUT2D eigenvalue weighted by molar-refractivity contribution is 6.31. The molecule has 0 unspecified atom stereocenters. The zero-order valence-electron chi connectivity index (χ0n) is 8.64. The number of nitrogens with two attached hydrogens (primary N) is 1. The van der Waals surface area contributed by atoms with Crippen molar-refractivity contribution in [3.8, 4) is 0 Å². The van der Waals surface area contributed by atoms with E-state index < -0.39 is 17.3 Å². The van der Waals surface area contributed by atoms with E-state index in [1.165, 1.54) is 12.1 Å². The third kappa shape index (κ3) is 2.68. The van der Waals surface area contributed by atoms with Crippen molar-refractivity contribution in [2.45, 2.75) is 11.7 Å². The smallest absolute Gasteiger partial charge is 0.319 e. The normalized spacial score (nSPS) is 18.2. The molecule has 0 saturated carbocycles. The predicted molar refractivity (Wildman–Crippen MR) is 62.4 cm³/mol. The highest BCUT2D eigenvalue weighted by Crippen LogP contribution is 2.36. The minimum Gasteiger partial charge on any atom is -0.319 e. The lowest BCUT2D eigenvalue weighted by molar-refractivity contribution is -0.137. The van der Waals surface area contributed by atoms with Crippen molar-refractivity contribution >= 4 is 24.0 Å². The fourth-order valence-corrected chi connectivity index (χ4v) is 1.94. The fourth-order valence-electron chi connectivity index (χ4n) is 1.65. The SMILES string of the molecule is Cl.NC1(c2ccc(C(F)(F)F)c(Cl)c2)CNC1. The second kappa shape index (κ2) is 4.65. The van der Waals surface area contributed by atoms with Gasteiger partial charge in [0.05, 0.1) is 16.1 Å². The number of hydrogen-bond acceptors (Lipinski definition) is 2. The van der Waals surface area contributed by atoms with Crippen LogP contribution in [0.1, 0.15) is 11.1 Å². The summed E-state index contributed by atoms with van der Waals surface area (Å²) in [4.78, 5) is 0. The van der Waals surface area contributed by atoms with Crippen LogP contribution in [0.3, 0.4) is 0 Å². The summed E-state index contributed by atoms with van der Waals surface area (Å²) in [5.74, 6) is 0. The van der Waals surface area contributed by atoms with Crippen LogP contribution in [-0.2, 0) is 11.7 Å². The van der Waals surface area contributed by atoms with Crippen LogP contribution in [0.2, 0.25) is 5.02 Å². The first-order valence-corrected chi connectivity index (χ1v) is 5.07. The van der Waals surface area contributed by atoms with Gasteiger partial charge in [0.15, 0.2) is 0 Å².